The molecule has 0 saturated heterocycles. The number of rotatable bonds is 5. The number of alkyl halides is 3. The van der Waals surface area contributed by atoms with Crippen LogP contribution < -0.4 is 10.6 Å². The molecule has 1 amide bonds. The Labute approximate surface area is 142 Å². The van der Waals surface area contributed by atoms with Gasteiger partial charge in [0, 0.05) is 6.04 Å². The number of carbonyl (C=O) groups is 1. The second-order valence-corrected chi connectivity index (χ2v) is 5.66. The highest BCUT2D eigenvalue weighted by molar-refractivity contribution is 6.33. The fourth-order valence-corrected chi connectivity index (χ4v) is 2.26. The molecule has 0 aliphatic carbocycles. The minimum absolute atomic E-state index is 0.0486. The Bertz CT molecular complexity index is 705. The minimum Gasteiger partial charge on any atom is -0.324 e. The Morgan fingerprint density at radius 1 is 1.17 bits per heavy atom. The zero-order valence-electron chi connectivity index (χ0n) is 12.8. The summed E-state index contributed by atoms with van der Waals surface area (Å²) in [5.41, 5.74) is 0.0702. The van der Waals surface area contributed by atoms with Gasteiger partial charge in [0.2, 0.25) is 5.91 Å². The number of halogens is 4. The second kappa shape index (κ2) is 7.68. The van der Waals surface area contributed by atoms with Crippen molar-refractivity contribution in [2.45, 2.75) is 19.1 Å². The smallest absolute Gasteiger partial charge is 0.324 e. The summed E-state index contributed by atoms with van der Waals surface area (Å²) in [4.78, 5) is 11.9. The second-order valence-electron chi connectivity index (χ2n) is 5.25. The van der Waals surface area contributed by atoms with Crippen LogP contribution in [-0.2, 0) is 11.0 Å². The molecule has 0 fully saturated rings. The third-order valence-electron chi connectivity index (χ3n) is 3.44. The quantitative estimate of drug-likeness (QED) is 0.818. The van der Waals surface area contributed by atoms with Crippen LogP contribution in [0.25, 0.3) is 0 Å². The molecule has 0 aliphatic rings. The van der Waals surface area contributed by atoms with Crippen LogP contribution in [0.1, 0.15) is 24.1 Å². The molecular formula is C17H16ClF3N2O. The normalized spacial score (nSPS) is 12.7. The van der Waals surface area contributed by atoms with E-state index in [4.69, 9.17) is 11.6 Å². The Morgan fingerprint density at radius 2 is 1.83 bits per heavy atom. The first-order chi connectivity index (χ1) is 11.3. The van der Waals surface area contributed by atoms with E-state index >= 15 is 0 Å². The van der Waals surface area contributed by atoms with E-state index in [9.17, 15) is 18.0 Å². The summed E-state index contributed by atoms with van der Waals surface area (Å²) in [6.07, 6.45) is -4.50. The molecule has 0 unspecified atom stereocenters. The molecule has 0 bridgehead atoms. The molecule has 0 radical (unpaired) electrons. The maximum atomic E-state index is 12.7. The van der Waals surface area contributed by atoms with Crippen LogP contribution in [0.15, 0.2) is 48.5 Å². The van der Waals surface area contributed by atoms with Gasteiger partial charge in [-0.25, -0.2) is 0 Å². The Kier molecular flexibility index (Phi) is 5.85. The molecular weight excluding hydrogens is 341 g/mol. The number of amides is 1. The molecule has 0 heterocycles. The highest BCUT2D eigenvalue weighted by Gasteiger charge is 2.31. The van der Waals surface area contributed by atoms with Crippen LogP contribution in [-0.4, -0.2) is 12.5 Å². The summed E-state index contributed by atoms with van der Waals surface area (Å²) in [7, 11) is 0. The van der Waals surface area contributed by atoms with Crippen LogP contribution in [0.5, 0.6) is 0 Å². The minimum atomic E-state index is -4.50. The Hall–Kier alpha value is -2.05. The molecule has 0 spiro atoms. The molecule has 2 N–H and O–H groups in total. The lowest BCUT2D eigenvalue weighted by atomic mass is 10.1. The van der Waals surface area contributed by atoms with Crippen LogP contribution in [0, 0.1) is 0 Å². The van der Waals surface area contributed by atoms with E-state index in [-0.39, 0.29) is 23.3 Å². The SMILES string of the molecule is C[C@@H](NCC(=O)Nc1cc(C(F)(F)F)ccc1Cl)c1ccccc1. The number of carbonyl (C=O) groups excluding carboxylic acids is 1. The Morgan fingerprint density at radius 3 is 2.46 bits per heavy atom. The molecule has 0 aliphatic heterocycles. The highest BCUT2D eigenvalue weighted by atomic mass is 35.5. The van der Waals surface area contributed by atoms with Gasteiger partial charge in [-0.05, 0) is 30.7 Å². The van der Waals surface area contributed by atoms with Crippen molar-refractivity contribution in [2.24, 2.45) is 0 Å². The molecule has 128 valence electrons. The van der Waals surface area contributed by atoms with Gasteiger partial charge in [-0.1, -0.05) is 41.9 Å². The predicted octanol–water partition coefficient (Wildman–Crippen LogP) is 4.65. The first-order valence-corrected chi connectivity index (χ1v) is 7.60. The summed E-state index contributed by atoms with van der Waals surface area (Å²) >= 11 is 5.85. The van der Waals surface area contributed by atoms with Crippen LogP contribution in [0.3, 0.4) is 0 Å². The maximum absolute atomic E-state index is 12.7. The van der Waals surface area contributed by atoms with E-state index in [0.29, 0.717) is 0 Å². The van der Waals surface area contributed by atoms with Gasteiger partial charge in [0.05, 0.1) is 22.8 Å². The third kappa shape index (κ3) is 4.97. The standard InChI is InChI=1S/C17H16ClF3N2O/c1-11(12-5-3-2-4-6-12)22-10-16(24)23-15-9-13(17(19,20)21)7-8-14(15)18/h2-9,11,22H,10H2,1H3,(H,23,24)/t11-/m1/s1. The number of hydrogen-bond acceptors (Lipinski definition) is 2. The monoisotopic (exact) mass is 356 g/mol. The zero-order valence-corrected chi connectivity index (χ0v) is 13.6. The summed E-state index contributed by atoms with van der Waals surface area (Å²) in [6, 6.07) is 12.2. The van der Waals surface area contributed by atoms with Gasteiger partial charge in [0.1, 0.15) is 0 Å². The average Bonchev–Trinajstić information content (AvgIpc) is 2.54. The van der Waals surface area contributed by atoms with Crippen LogP contribution >= 0.6 is 11.6 Å². The number of anilines is 1. The van der Waals surface area contributed by atoms with E-state index in [1.165, 1.54) is 0 Å². The van der Waals surface area contributed by atoms with Crippen molar-refractivity contribution in [3.63, 3.8) is 0 Å². The summed E-state index contributed by atoms with van der Waals surface area (Å²) in [6.45, 7) is 1.84. The van der Waals surface area contributed by atoms with Gasteiger partial charge >= 0.3 is 6.18 Å². The number of nitrogens with one attached hydrogen (secondary N) is 2. The van der Waals surface area contributed by atoms with Crippen molar-refractivity contribution >= 4 is 23.2 Å². The fraction of sp³-hybridized carbons (Fsp3) is 0.235. The molecule has 1 atom stereocenters. The Balaban J connectivity index is 1.97. The van der Waals surface area contributed by atoms with E-state index in [0.717, 1.165) is 23.8 Å². The molecule has 24 heavy (non-hydrogen) atoms. The van der Waals surface area contributed by atoms with Crippen molar-refractivity contribution < 1.29 is 18.0 Å². The molecule has 0 aromatic heterocycles. The third-order valence-corrected chi connectivity index (χ3v) is 3.77. The van der Waals surface area contributed by atoms with Crippen LogP contribution in [0.4, 0.5) is 18.9 Å². The average molecular weight is 357 g/mol. The van der Waals surface area contributed by atoms with E-state index in [1.54, 1.807) is 0 Å². The lowest BCUT2D eigenvalue weighted by molar-refractivity contribution is -0.137. The molecule has 7 heteroatoms. The van der Waals surface area contributed by atoms with Gasteiger partial charge < -0.3 is 10.6 Å². The summed E-state index contributed by atoms with van der Waals surface area (Å²) < 4.78 is 38.1. The van der Waals surface area contributed by atoms with E-state index in [2.05, 4.69) is 10.6 Å². The molecule has 2 aromatic carbocycles. The lowest BCUT2D eigenvalue weighted by Crippen LogP contribution is -2.30. The fourth-order valence-electron chi connectivity index (χ4n) is 2.10. The van der Waals surface area contributed by atoms with Gasteiger partial charge in [0.15, 0.2) is 0 Å². The van der Waals surface area contributed by atoms with E-state index in [1.807, 2.05) is 37.3 Å². The van der Waals surface area contributed by atoms with Crippen molar-refractivity contribution in [2.75, 3.05) is 11.9 Å². The predicted molar refractivity (Wildman–Crippen MR) is 87.9 cm³/mol. The van der Waals surface area contributed by atoms with Crippen molar-refractivity contribution in [3.05, 3.63) is 64.7 Å². The van der Waals surface area contributed by atoms with Crippen molar-refractivity contribution in [3.8, 4) is 0 Å². The molecule has 0 saturated carbocycles. The van der Waals surface area contributed by atoms with E-state index < -0.39 is 17.6 Å². The first kappa shape index (κ1) is 18.3. The summed E-state index contributed by atoms with van der Waals surface area (Å²) in [5, 5.41) is 5.45. The van der Waals surface area contributed by atoms with Crippen molar-refractivity contribution in [1.29, 1.82) is 0 Å². The van der Waals surface area contributed by atoms with Gasteiger partial charge in [-0.15, -0.1) is 0 Å². The molecule has 2 rings (SSSR count). The maximum Gasteiger partial charge on any atom is 0.416 e. The molecule has 2 aromatic rings. The van der Waals surface area contributed by atoms with Gasteiger partial charge in [0.25, 0.3) is 0 Å². The molecule has 3 nitrogen and oxygen atoms in total. The lowest BCUT2D eigenvalue weighted by Gasteiger charge is -2.15. The van der Waals surface area contributed by atoms with Gasteiger partial charge in [-0.3, -0.25) is 4.79 Å². The zero-order chi connectivity index (χ0) is 17.7. The highest BCUT2D eigenvalue weighted by Crippen LogP contribution is 2.33. The number of hydrogen-bond donors (Lipinski definition) is 2. The first-order valence-electron chi connectivity index (χ1n) is 7.22. The summed E-state index contributed by atoms with van der Waals surface area (Å²) in [5.74, 6) is -0.473. The largest absolute Gasteiger partial charge is 0.416 e. The van der Waals surface area contributed by atoms with Crippen molar-refractivity contribution in [1.82, 2.24) is 5.32 Å². The van der Waals surface area contributed by atoms with Gasteiger partial charge in [-0.2, -0.15) is 13.2 Å². The number of benzene rings is 2. The topological polar surface area (TPSA) is 41.1 Å². The van der Waals surface area contributed by atoms with Crippen LogP contribution in [0.2, 0.25) is 5.02 Å².